The topological polar surface area (TPSA) is 164 Å². The van der Waals surface area contributed by atoms with Gasteiger partial charge < -0.3 is 49.2 Å². The molecule has 0 bridgehead atoms. The summed E-state index contributed by atoms with van der Waals surface area (Å²) in [5, 5.41) is 49.7. The van der Waals surface area contributed by atoms with Crippen LogP contribution in [0.1, 0.15) is 11.1 Å². The van der Waals surface area contributed by atoms with Crippen molar-refractivity contribution in [1.82, 2.24) is 0 Å². The molecule has 37 heavy (non-hydrogen) atoms. The van der Waals surface area contributed by atoms with Gasteiger partial charge in [0.05, 0.1) is 33.4 Å². The minimum Gasteiger partial charge on any atom is -0.504 e. The molecule has 0 aliphatic carbocycles. The summed E-state index contributed by atoms with van der Waals surface area (Å²) < 4.78 is 27.0. The van der Waals surface area contributed by atoms with Gasteiger partial charge in [-0.15, -0.1) is 0 Å². The van der Waals surface area contributed by atoms with Crippen LogP contribution < -0.4 is 14.2 Å². The van der Waals surface area contributed by atoms with Crippen LogP contribution in [0.5, 0.6) is 23.0 Å². The first-order valence-corrected chi connectivity index (χ1v) is 11.9. The van der Waals surface area contributed by atoms with Crippen molar-refractivity contribution in [2.45, 2.75) is 43.5 Å². The van der Waals surface area contributed by atoms with Crippen molar-refractivity contribution in [3.63, 3.8) is 0 Å². The standard InChI is InChI=1S/C26H32O11/c1-33-18-5-3-14(9-17(18)28)8-16-15(12-35-25(16)32)7-13-4-6-19(20(10-13)34-2)36-26-24(31)23(30)22(29)21(11-27)37-26/h3-6,9-10,15-16,21-24,26-31H,7-8,11-12H2,1-2H3/t15-,16-,21+,22+,23-,24+,26-/m0/s1. The van der Waals surface area contributed by atoms with Gasteiger partial charge in [0.1, 0.15) is 24.4 Å². The first kappa shape index (κ1) is 27.0. The minimum absolute atomic E-state index is 0.00245. The van der Waals surface area contributed by atoms with E-state index < -0.39 is 43.2 Å². The number of cyclic esters (lactones) is 1. The number of methoxy groups -OCH3 is 2. The van der Waals surface area contributed by atoms with E-state index in [0.29, 0.717) is 24.3 Å². The molecule has 2 fully saturated rings. The van der Waals surface area contributed by atoms with Crippen LogP contribution in [0.15, 0.2) is 36.4 Å². The average Bonchev–Trinajstić information content (AvgIpc) is 3.23. The van der Waals surface area contributed by atoms with Gasteiger partial charge in [-0.2, -0.15) is 0 Å². The molecule has 0 unspecified atom stereocenters. The molecule has 0 radical (unpaired) electrons. The molecular weight excluding hydrogens is 488 g/mol. The SMILES string of the molecule is COc1ccc(C[C@@H]2C(=O)OC[C@@H]2Cc2ccc(O[C@H]3O[C@H](CO)[C@@H](O)[C@H](O)[C@H]3O)c(OC)c2)cc1O. The molecule has 2 aromatic carbocycles. The number of carbonyl (C=O) groups is 1. The van der Waals surface area contributed by atoms with Crippen molar-refractivity contribution >= 4 is 5.97 Å². The molecule has 2 heterocycles. The monoisotopic (exact) mass is 520 g/mol. The summed E-state index contributed by atoms with van der Waals surface area (Å²) in [4.78, 5) is 12.5. The number of aliphatic hydroxyl groups excluding tert-OH is 4. The van der Waals surface area contributed by atoms with Gasteiger partial charge in [-0.05, 0) is 48.2 Å². The largest absolute Gasteiger partial charge is 0.504 e. The minimum atomic E-state index is -1.56. The molecule has 5 N–H and O–H groups in total. The summed E-state index contributed by atoms with van der Waals surface area (Å²) in [6.07, 6.45) is -6.14. The molecule has 7 atom stereocenters. The van der Waals surface area contributed by atoms with Gasteiger partial charge in [-0.25, -0.2) is 0 Å². The Morgan fingerprint density at radius 1 is 0.892 bits per heavy atom. The zero-order chi connectivity index (χ0) is 26.7. The number of rotatable bonds is 9. The second kappa shape index (κ2) is 11.5. The number of hydrogen-bond acceptors (Lipinski definition) is 11. The van der Waals surface area contributed by atoms with Crippen molar-refractivity contribution in [2.75, 3.05) is 27.4 Å². The lowest BCUT2D eigenvalue weighted by atomic mass is 9.85. The molecule has 0 aromatic heterocycles. The number of hydrogen-bond donors (Lipinski definition) is 5. The van der Waals surface area contributed by atoms with Crippen molar-refractivity contribution in [2.24, 2.45) is 11.8 Å². The maximum Gasteiger partial charge on any atom is 0.309 e. The third-order valence-electron chi connectivity index (χ3n) is 6.83. The van der Waals surface area contributed by atoms with Crippen molar-refractivity contribution in [1.29, 1.82) is 0 Å². The summed E-state index contributed by atoms with van der Waals surface area (Å²) in [6.45, 7) is -0.308. The summed E-state index contributed by atoms with van der Waals surface area (Å²) in [5.74, 6) is 0.100. The van der Waals surface area contributed by atoms with E-state index in [1.54, 1.807) is 36.4 Å². The number of phenols is 1. The molecular formula is C26H32O11. The Kier molecular flexibility index (Phi) is 8.40. The lowest BCUT2D eigenvalue weighted by Gasteiger charge is -2.39. The van der Waals surface area contributed by atoms with E-state index in [1.165, 1.54) is 14.2 Å². The number of aliphatic hydroxyl groups is 4. The van der Waals surface area contributed by atoms with Crippen LogP contribution >= 0.6 is 0 Å². The van der Waals surface area contributed by atoms with Crippen LogP contribution in [0.4, 0.5) is 0 Å². The molecule has 4 rings (SSSR count). The van der Waals surface area contributed by atoms with Crippen LogP contribution in [0.25, 0.3) is 0 Å². The number of benzene rings is 2. The molecule has 2 aliphatic heterocycles. The zero-order valence-corrected chi connectivity index (χ0v) is 20.5. The van der Waals surface area contributed by atoms with Gasteiger partial charge in [0.15, 0.2) is 23.0 Å². The highest BCUT2D eigenvalue weighted by molar-refractivity contribution is 5.75. The maximum absolute atomic E-state index is 12.5. The highest BCUT2D eigenvalue weighted by Crippen LogP contribution is 2.36. The predicted octanol–water partition coefficient (Wildman–Crippen LogP) is 0.163. The van der Waals surface area contributed by atoms with Crippen LogP contribution in [0, 0.1) is 11.8 Å². The molecule has 0 spiro atoms. The van der Waals surface area contributed by atoms with Gasteiger partial charge in [-0.3, -0.25) is 4.79 Å². The van der Waals surface area contributed by atoms with Gasteiger partial charge >= 0.3 is 5.97 Å². The first-order valence-electron chi connectivity index (χ1n) is 11.9. The fourth-order valence-electron chi connectivity index (χ4n) is 4.70. The van der Waals surface area contributed by atoms with E-state index in [9.17, 15) is 30.3 Å². The molecule has 11 heteroatoms. The van der Waals surface area contributed by atoms with Crippen molar-refractivity contribution in [3.8, 4) is 23.0 Å². The molecule has 0 saturated carbocycles. The third-order valence-corrected chi connectivity index (χ3v) is 6.83. The van der Waals surface area contributed by atoms with Gasteiger partial charge in [0.25, 0.3) is 0 Å². The zero-order valence-electron chi connectivity index (χ0n) is 20.5. The van der Waals surface area contributed by atoms with E-state index in [1.807, 2.05) is 0 Å². The predicted molar refractivity (Wildman–Crippen MR) is 127 cm³/mol. The van der Waals surface area contributed by atoms with Gasteiger partial charge in [0, 0.05) is 5.92 Å². The quantitative estimate of drug-likeness (QED) is 0.286. The van der Waals surface area contributed by atoms with E-state index in [0.717, 1.165) is 11.1 Å². The fraction of sp³-hybridized carbons (Fsp3) is 0.500. The van der Waals surface area contributed by atoms with Crippen LogP contribution in [0.2, 0.25) is 0 Å². The number of esters is 1. The van der Waals surface area contributed by atoms with Gasteiger partial charge in [0.2, 0.25) is 6.29 Å². The Bertz CT molecular complexity index is 1090. The number of ether oxygens (including phenoxy) is 5. The second-order valence-corrected chi connectivity index (χ2v) is 9.21. The molecule has 2 saturated heterocycles. The highest BCUT2D eigenvalue weighted by atomic mass is 16.7. The van der Waals surface area contributed by atoms with E-state index in [-0.39, 0.29) is 30.0 Å². The van der Waals surface area contributed by atoms with Crippen molar-refractivity contribution < 1.29 is 54.0 Å². The van der Waals surface area contributed by atoms with E-state index >= 15 is 0 Å². The smallest absolute Gasteiger partial charge is 0.309 e. The maximum atomic E-state index is 12.5. The van der Waals surface area contributed by atoms with E-state index in [2.05, 4.69) is 0 Å². The molecule has 2 aliphatic rings. The summed E-state index contributed by atoms with van der Waals surface area (Å²) in [5.41, 5.74) is 1.64. The van der Waals surface area contributed by atoms with E-state index in [4.69, 9.17) is 23.7 Å². The van der Waals surface area contributed by atoms with Crippen LogP contribution in [-0.2, 0) is 27.1 Å². The molecule has 11 nitrogen and oxygen atoms in total. The molecule has 202 valence electrons. The normalized spacial score (nSPS) is 29.6. The summed E-state index contributed by atoms with van der Waals surface area (Å²) >= 11 is 0. The number of carbonyl (C=O) groups excluding carboxylic acids is 1. The Hall–Kier alpha value is -3.09. The lowest BCUT2D eigenvalue weighted by Crippen LogP contribution is -2.60. The summed E-state index contributed by atoms with van der Waals surface area (Å²) in [7, 11) is 2.91. The van der Waals surface area contributed by atoms with Gasteiger partial charge in [-0.1, -0.05) is 12.1 Å². The molecule has 0 amide bonds. The number of phenolic OH excluding ortho intramolecular Hbond substituents is 1. The Morgan fingerprint density at radius 2 is 1.57 bits per heavy atom. The lowest BCUT2D eigenvalue weighted by molar-refractivity contribution is -0.277. The Balaban J connectivity index is 1.46. The van der Waals surface area contributed by atoms with Crippen molar-refractivity contribution in [3.05, 3.63) is 47.5 Å². The Labute approximate surface area is 213 Å². The third kappa shape index (κ3) is 5.76. The fourth-order valence-corrected chi connectivity index (χ4v) is 4.70. The van der Waals surface area contributed by atoms with Crippen LogP contribution in [0.3, 0.4) is 0 Å². The average molecular weight is 521 g/mol. The number of aromatic hydroxyl groups is 1. The summed E-state index contributed by atoms with van der Waals surface area (Å²) in [6, 6.07) is 10.2. The Morgan fingerprint density at radius 3 is 2.22 bits per heavy atom. The highest BCUT2D eigenvalue weighted by Gasteiger charge is 2.45. The molecule has 2 aromatic rings. The van der Waals surface area contributed by atoms with Crippen LogP contribution in [-0.4, -0.2) is 89.6 Å². The first-order chi connectivity index (χ1) is 17.7. The second-order valence-electron chi connectivity index (χ2n) is 9.21.